The lowest BCUT2D eigenvalue weighted by molar-refractivity contribution is 0.176. The fraction of sp³-hybridized carbons (Fsp3) is 0.778. The van der Waals surface area contributed by atoms with Crippen LogP contribution in [0.4, 0.5) is 4.79 Å². The van der Waals surface area contributed by atoms with Gasteiger partial charge in [-0.15, -0.1) is 0 Å². The van der Waals surface area contributed by atoms with Gasteiger partial charge in [0.05, 0.1) is 5.54 Å². The van der Waals surface area contributed by atoms with E-state index in [1.165, 1.54) is 0 Å². The van der Waals surface area contributed by atoms with Crippen molar-refractivity contribution in [3.63, 3.8) is 0 Å². The molecule has 0 aromatic carbocycles. The van der Waals surface area contributed by atoms with Crippen LogP contribution in [0.3, 0.4) is 0 Å². The molecule has 1 aliphatic rings. The van der Waals surface area contributed by atoms with Gasteiger partial charge in [0.25, 0.3) is 0 Å². The minimum Gasteiger partial charge on any atom is -0.385 e. The number of hydrogen-bond acceptors (Lipinski definition) is 2. The van der Waals surface area contributed by atoms with Crippen molar-refractivity contribution in [2.75, 3.05) is 6.54 Å². The van der Waals surface area contributed by atoms with Crippen molar-refractivity contribution in [2.24, 2.45) is 10.7 Å². The number of amidine groups is 1. The number of nitrogens with zero attached hydrogens (tertiary/aromatic N) is 2. The van der Waals surface area contributed by atoms with E-state index >= 15 is 0 Å². The fourth-order valence-electron chi connectivity index (χ4n) is 1.57. The summed E-state index contributed by atoms with van der Waals surface area (Å²) in [6.45, 7) is 6.75. The third-order valence-corrected chi connectivity index (χ3v) is 2.73. The van der Waals surface area contributed by atoms with Gasteiger partial charge in [-0.05, 0) is 19.8 Å². The van der Waals surface area contributed by atoms with Crippen LogP contribution in [0.15, 0.2) is 4.99 Å². The Kier molecular flexibility index (Phi) is 2.59. The van der Waals surface area contributed by atoms with Gasteiger partial charge in [0.2, 0.25) is 0 Å². The highest BCUT2D eigenvalue weighted by Crippen LogP contribution is 2.26. The summed E-state index contributed by atoms with van der Waals surface area (Å²) < 4.78 is 0. The van der Waals surface area contributed by atoms with E-state index in [2.05, 4.69) is 4.99 Å². The average molecular weight is 183 g/mol. The summed E-state index contributed by atoms with van der Waals surface area (Å²) >= 11 is 0. The number of urea groups is 1. The number of carbonyl (C=O) groups is 1. The molecule has 1 atom stereocenters. The molecule has 0 spiro atoms. The van der Waals surface area contributed by atoms with Crippen molar-refractivity contribution in [3.8, 4) is 0 Å². The highest BCUT2D eigenvalue weighted by molar-refractivity contribution is 6.05. The molecule has 1 unspecified atom stereocenters. The summed E-state index contributed by atoms with van der Waals surface area (Å²) in [6, 6.07) is -0.191. The number of amides is 2. The second kappa shape index (κ2) is 3.36. The zero-order chi connectivity index (χ0) is 10.1. The summed E-state index contributed by atoms with van der Waals surface area (Å²) in [5.74, 6) is 0.452. The standard InChI is InChI=1S/C9H17N3O/c1-4-6-12-8(13)11-7(10)9(12,3)5-2/h4-6H2,1-3H3,(H2,10,11,13). The molecule has 1 aliphatic heterocycles. The van der Waals surface area contributed by atoms with Crippen LogP contribution in [0, 0.1) is 0 Å². The van der Waals surface area contributed by atoms with Gasteiger partial charge < -0.3 is 10.6 Å². The van der Waals surface area contributed by atoms with E-state index in [1.807, 2.05) is 20.8 Å². The maximum atomic E-state index is 11.4. The quantitative estimate of drug-likeness (QED) is 0.718. The second-order valence-electron chi connectivity index (χ2n) is 3.56. The van der Waals surface area contributed by atoms with E-state index in [9.17, 15) is 4.79 Å². The molecule has 4 nitrogen and oxygen atoms in total. The molecule has 0 aromatic rings. The topological polar surface area (TPSA) is 58.7 Å². The van der Waals surface area contributed by atoms with Crippen LogP contribution < -0.4 is 5.73 Å². The van der Waals surface area contributed by atoms with Crippen LogP contribution in [0.25, 0.3) is 0 Å². The highest BCUT2D eigenvalue weighted by Gasteiger charge is 2.42. The van der Waals surface area contributed by atoms with E-state index in [0.29, 0.717) is 5.84 Å². The SMILES string of the molecule is CCCN1C(=O)N=C(N)C1(C)CC. The first kappa shape index (κ1) is 10.0. The molecule has 2 amide bonds. The van der Waals surface area contributed by atoms with Crippen LogP contribution in [-0.2, 0) is 0 Å². The Morgan fingerprint density at radius 3 is 2.62 bits per heavy atom. The number of rotatable bonds is 3. The van der Waals surface area contributed by atoms with Gasteiger partial charge in [-0.3, -0.25) is 0 Å². The first-order chi connectivity index (χ1) is 6.06. The number of carbonyl (C=O) groups excluding carboxylic acids is 1. The molecule has 1 rings (SSSR count). The Labute approximate surface area is 78.8 Å². The lowest BCUT2D eigenvalue weighted by Gasteiger charge is -2.33. The summed E-state index contributed by atoms with van der Waals surface area (Å²) in [7, 11) is 0. The van der Waals surface area contributed by atoms with Crippen LogP contribution in [0.1, 0.15) is 33.6 Å². The highest BCUT2D eigenvalue weighted by atomic mass is 16.2. The smallest absolute Gasteiger partial charge is 0.346 e. The van der Waals surface area contributed by atoms with Gasteiger partial charge in [0, 0.05) is 6.54 Å². The lowest BCUT2D eigenvalue weighted by Crippen LogP contribution is -2.51. The van der Waals surface area contributed by atoms with Gasteiger partial charge >= 0.3 is 6.03 Å². The molecular formula is C9H17N3O. The number of hydrogen-bond donors (Lipinski definition) is 1. The van der Waals surface area contributed by atoms with Crippen LogP contribution in [0.2, 0.25) is 0 Å². The Balaban J connectivity index is 2.90. The van der Waals surface area contributed by atoms with Gasteiger partial charge in [0.15, 0.2) is 0 Å². The molecular weight excluding hydrogens is 166 g/mol. The molecule has 0 aliphatic carbocycles. The molecule has 13 heavy (non-hydrogen) atoms. The predicted molar refractivity (Wildman–Crippen MR) is 52.7 cm³/mol. The first-order valence-electron chi connectivity index (χ1n) is 4.72. The third-order valence-electron chi connectivity index (χ3n) is 2.73. The Bertz CT molecular complexity index is 249. The van der Waals surface area contributed by atoms with Crippen LogP contribution >= 0.6 is 0 Å². The van der Waals surface area contributed by atoms with E-state index < -0.39 is 0 Å². The lowest BCUT2D eigenvalue weighted by atomic mass is 9.96. The van der Waals surface area contributed by atoms with Gasteiger partial charge in [-0.2, -0.15) is 4.99 Å². The first-order valence-corrected chi connectivity index (χ1v) is 4.72. The van der Waals surface area contributed by atoms with Crippen molar-refractivity contribution in [1.82, 2.24) is 4.90 Å². The van der Waals surface area contributed by atoms with Crippen molar-refractivity contribution in [3.05, 3.63) is 0 Å². The Hall–Kier alpha value is -1.06. The van der Waals surface area contributed by atoms with Gasteiger partial charge in [-0.25, -0.2) is 4.79 Å². The van der Waals surface area contributed by atoms with Crippen molar-refractivity contribution in [2.45, 2.75) is 39.2 Å². The third kappa shape index (κ3) is 1.41. The molecule has 0 bridgehead atoms. The second-order valence-corrected chi connectivity index (χ2v) is 3.56. The summed E-state index contributed by atoms with van der Waals surface area (Å²) in [5.41, 5.74) is 5.37. The van der Waals surface area contributed by atoms with E-state index in [1.54, 1.807) is 4.90 Å². The maximum absolute atomic E-state index is 11.4. The minimum atomic E-state index is -0.354. The monoisotopic (exact) mass is 183 g/mol. The Morgan fingerprint density at radius 1 is 1.54 bits per heavy atom. The molecule has 4 heteroatoms. The molecule has 0 saturated carbocycles. The zero-order valence-electron chi connectivity index (χ0n) is 8.50. The molecule has 0 fully saturated rings. The Morgan fingerprint density at radius 2 is 2.15 bits per heavy atom. The van der Waals surface area contributed by atoms with E-state index in [4.69, 9.17) is 5.73 Å². The normalized spacial score (nSPS) is 28.1. The molecule has 74 valence electrons. The summed E-state index contributed by atoms with van der Waals surface area (Å²) in [4.78, 5) is 17.0. The summed E-state index contributed by atoms with van der Waals surface area (Å²) in [5, 5.41) is 0. The molecule has 0 radical (unpaired) electrons. The predicted octanol–water partition coefficient (Wildman–Crippen LogP) is 1.36. The van der Waals surface area contributed by atoms with Gasteiger partial charge in [-0.1, -0.05) is 13.8 Å². The largest absolute Gasteiger partial charge is 0.385 e. The van der Waals surface area contributed by atoms with E-state index in [0.717, 1.165) is 19.4 Å². The van der Waals surface area contributed by atoms with Crippen molar-refractivity contribution < 1.29 is 4.79 Å². The maximum Gasteiger partial charge on any atom is 0.346 e. The van der Waals surface area contributed by atoms with Gasteiger partial charge in [0.1, 0.15) is 5.84 Å². The average Bonchev–Trinajstić information content (AvgIpc) is 2.31. The van der Waals surface area contributed by atoms with E-state index in [-0.39, 0.29) is 11.6 Å². The molecule has 0 saturated heterocycles. The zero-order valence-corrected chi connectivity index (χ0v) is 8.50. The molecule has 0 aromatic heterocycles. The van der Waals surface area contributed by atoms with Crippen LogP contribution in [0.5, 0.6) is 0 Å². The molecule has 2 N–H and O–H groups in total. The van der Waals surface area contributed by atoms with Crippen molar-refractivity contribution in [1.29, 1.82) is 0 Å². The minimum absolute atomic E-state index is 0.191. The number of aliphatic imine (C=N–C) groups is 1. The fourth-order valence-corrected chi connectivity index (χ4v) is 1.57. The van der Waals surface area contributed by atoms with Crippen LogP contribution in [-0.4, -0.2) is 28.9 Å². The molecule has 1 heterocycles. The van der Waals surface area contributed by atoms with Crippen molar-refractivity contribution >= 4 is 11.9 Å². The number of nitrogens with two attached hydrogens (primary N) is 1. The summed E-state index contributed by atoms with van der Waals surface area (Å²) in [6.07, 6.45) is 1.75.